The van der Waals surface area contributed by atoms with Crippen molar-refractivity contribution in [2.75, 3.05) is 17.8 Å². The third-order valence-corrected chi connectivity index (χ3v) is 7.27. The molecule has 0 atom stereocenters. The van der Waals surface area contributed by atoms with Crippen LogP contribution in [0.25, 0.3) is 0 Å². The summed E-state index contributed by atoms with van der Waals surface area (Å²) in [6.45, 7) is 3.61. The smallest absolute Gasteiger partial charge is 0.271 e. The summed E-state index contributed by atoms with van der Waals surface area (Å²) in [6, 6.07) is 10.7. The van der Waals surface area contributed by atoms with E-state index in [0.29, 0.717) is 5.69 Å². The number of carbonyl (C=O) groups excluding carboxylic acids is 1. The second-order valence-electron chi connectivity index (χ2n) is 6.10. The number of carbonyl (C=O) groups is 1. The highest BCUT2D eigenvalue weighted by molar-refractivity contribution is 7.94. The van der Waals surface area contributed by atoms with Crippen LogP contribution in [0.15, 0.2) is 40.6 Å². The van der Waals surface area contributed by atoms with E-state index in [0.717, 1.165) is 54.1 Å². The molecule has 1 aromatic carbocycles. The molecule has 1 aromatic heterocycles. The molecule has 25 heavy (non-hydrogen) atoms. The Balaban J connectivity index is 1.73. The molecule has 1 fully saturated rings. The van der Waals surface area contributed by atoms with Crippen LogP contribution >= 0.6 is 11.3 Å². The molecule has 134 valence electrons. The Hall–Kier alpha value is -1.86. The molecular formula is C18H22N2O3S2. The van der Waals surface area contributed by atoms with Crippen LogP contribution in [0.2, 0.25) is 0 Å². The topological polar surface area (TPSA) is 66.5 Å². The van der Waals surface area contributed by atoms with E-state index in [1.54, 1.807) is 18.2 Å². The number of amides is 1. The number of hydrogen-bond donors (Lipinski definition) is 1. The summed E-state index contributed by atoms with van der Waals surface area (Å²) in [5.41, 5.74) is 1.56. The molecule has 2 aromatic rings. The fraction of sp³-hybridized carbons (Fsp3) is 0.389. The Morgan fingerprint density at radius 1 is 1.16 bits per heavy atom. The van der Waals surface area contributed by atoms with Gasteiger partial charge in [-0.05, 0) is 43.0 Å². The molecule has 1 saturated heterocycles. The average Bonchev–Trinajstić information content (AvgIpc) is 3.27. The number of aryl methyl sites for hydroxylation is 1. The van der Waals surface area contributed by atoms with Gasteiger partial charge in [0.1, 0.15) is 4.21 Å². The molecule has 0 saturated carbocycles. The minimum atomic E-state index is -3.64. The Labute approximate surface area is 152 Å². The monoisotopic (exact) mass is 378 g/mol. The van der Waals surface area contributed by atoms with E-state index in [1.165, 1.54) is 0 Å². The second kappa shape index (κ2) is 7.58. The van der Waals surface area contributed by atoms with E-state index in [-0.39, 0.29) is 16.5 Å². The number of hydrogen-bond acceptors (Lipinski definition) is 4. The number of para-hydroxylation sites is 1. The van der Waals surface area contributed by atoms with Gasteiger partial charge in [0.25, 0.3) is 10.0 Å². The Kier molecular flexibility index (Phi) is 5.44. The van der Waals surface area contributed by atoms with Gasteiger partial charge in [0.2, 0.25) is 5.91 Å². The van der Waals surface area contributed by atoms with Crippen molar-refractivity contribution in [2.45, 2.75) is 36.8 Å². The molecule has 0 bridgehead atoms. The predicted molar refractivity (Wildman–Crippen MR) is 100 cm³/mol. The van der Waals surface area contributed by atoms with Crippen LogP contribution in [-0.2, 0) is 27.7 Å². The predicted octanol–water partition coefficient (Wildman–Crippen LogP) is 3.28. The zero-order valence-corrected chi connectivity index (χ0v) is 15.8. The normalized spacial score (nSPS) is 14.7. The van der Waals surface area contributed by atoms with Crippen molar-refractivity contribution in [1.29, 1.82) is 0 Å². The molecule has 1 aliphatic heterocycles. The van der Waals surface area contributed by atoms with Crippen LogP contribution in [0.5, 0.6) is 0 Å². The molecular weight excluding hydrogens is 356 g/mol. The number of nitrogens with one attached hydrogen (secondary N) is 1. The van der Waals surface area contributed by atoms with Gasteiger partial charge < -0.3 is 4.90 Å². The number of anilines is 1. The van der Waals surface area contributed by atoms with E-state index in [4.69, 9.17) is 0 Å². The molecule has 0 unspecified atom stereocenters. The Morgan fingerprint density at radius 2 is 1.88 bits per heavy atom. The third-order valence-electron chi connectivity index (χ3n) is 4.33. The first kappa shape index (κ1) is 17.9. The lowest BCUT2D eigenvalue weighted by molar-refractivity contribution is -0.129. The van der Waals surface area contributed by atoms with Crippen LogP contribution in [0.4, 0.5) is 5.69 Å². The van der Waals surface area contributed by atoms with Crippen LogP contribution in [-0.4, -0.2) is 32.3 Å². The van der Waals surface area contributed by atoms with Crippen molar-refractivity contribution >= 4 is 33.0 Å². The van der Waals surface area contributed by atoms with Crippen LogP contribution in [0, 0.1) is 0 Å². The first-order valence-corrected chi connectivity index (χ1v) is 10.8. The van der Waals surface area contributed by atoms with Crippen molar-refractivity contribution in [3.8, 4) is 0 Å². The number of benzene rings is 1. The highest BCUT2D eigenvalue weighted by atomic mass is 32.2. The Morgan fingerprint density at radius 3 is 2.60 bits per heavy atom. The van der Waals surface area contributed by atoms with E-state index in [9.17, 15) is 13.2 Å². The summed E-state index contributed by atoms with van der Waals surface area (Å²) in [6.07, 6.45) is 3.12. The van der Waals surface area contributed by atoms with Crippen molar-refractivity contribution in [2.24, 2.45) is 0 Å². The minimum absolute atomic E-state index is 0.0765. The summed E-state index contributed by atoms with van der Waals surface area (Å²) >= 11 is 1.16. The highest BCUT2D eigenvalue weighted by Gasteiger charge is 2.21. The van der Waals surface area contributed by atoms with Gasteiger partial charge in [-0.1, -0.05) is 25.1 Å². The van der Waals surface area contributed by atoms with E-state index in [1.807, 2.05) is 30.0 Å². The van der Waals surface area contributed by atoms with Crippen LogP contribution in [0.3, 0.4) is 0 Å². The summed E-state index contributed by atoms with van der Waals surface area (Å²) in [5, 5.41) is 0. The number of nitrogens with zero attached hydrogens (tertiary/aromatic N) is 1. The zero-order valence-electron chi connectivity index (χ0n) is 14.2. The van der Waals surface area contributed by atoms with Crippen LogP contribution < -0.4 is 4.72 Å². The van der Waals surface area contributed by atoms with Gasteiger partial charge in [0, 0.05) is 18.0 Å². The maximum Gasteiger partial charge on any atom is 0.271 e. The summed E-state index contributed by atoms with van der Waals surface area (Å²) in [5.74, 6) is 0.0765. The largest absolute Gasteiger partial charge is 0.342 e. The molecule has 0 aliphatic carbocycles. The van der Waals surface area contributed by atoms with E-state index >= 15 is 0 Å². The van der Waals surface area contributed by atoms with Gasteiger partial charge >= 0.3 is 0 Å². The second-order valence-corrected chi connectivity index (χ2v) is 9.18. The maximum atomic E-state index is 12.6. The Bertz CT molecular complexity index is 853. The SMILES string of the molecule is CCc1ccccc1NS(=O)(=O)c1ccc(CC(=O)N2CCCC2)s1. The van der Waals surface area contributed by atoms with Crippen molar-refractivity contribution in [3.05, 3.63) is 46.8 Å². The van der Waals surface area contributed by atoms with Crippen molar-refractivity contribution < 1.29 is 13.2 Å². The molecule has 1 N–H and O–H groups in total. The summed E-state index contributed by atoms with van der Waals surface area (Å²) in [7, 11) is -3.64. The van der Waals surface area contributed by atoms with Gasteiger partial charge in [-0.15, -0.1) is 11.3 Å². The lowest BCUT2D eigenvalue weighted by Gasteiger charge is -2.14. The van der Waals surface area contributed by atoms with Gasteiger partial charge in [0.15, 0.2) is 0 Å². The van der Waals surface area contributed by atoms with Gasteiger partial charge in [-0.3, -0.25) is 9.52 Å². The summed E-state index contributed by atoms with van der Waals surface area (Å²) < 4.78 is 28.2. The zero-order chi connectivity index (χ0) is 17.9. The fourth-order valence-corrected chi connectivity index (χ4v) is 5.40. The first-order valence-electron chi connectivity index (χ1n) is 8.47. The highest BCUT2D eigenvalue weighted by Crippen LogP contribution is 2.26. The number of sulfonamides is 1. The molecule has 3 rings (SSSR count). The minimum Gasteiger partial charge on any atom is -0.342 e. The summed E-state index contributed by atoms with van der Waals surface area (Å²) in [4.78, 5) is 14.8. The van der Waals surface area contributed by atoms with E-state index in [2.05, 4.69) is 4.72 Å². The maximum absolute atomic E-state index is 12.6. The van der Waals surface area contributed by atoms with E-state index < -0.39 is 10.0 Å². The number of likely N-dealkylation sites (tertiary alicyclic amines) is 1. The molecule has 1 amide bonds. The van der Waals surface area contributed by atoms with Gasteiger partial charge in [-0.2, -0.15) is 0 Å². The third kappa shape index (κ3) is 4.22. The molecule has 0 radical (unpaired) electrons. The fourth-order valence-electron chi connectivity index (χ4n) is 2.95. The van der Waals surface area contributed by atoms with Crippen LogP contribution in [0.1, 0.15) is 30.2 Å². The standard InChI is InChI=1S/C18H22N2O3S2/c1-2-14-7-3-4-8-16(14)19-25(22,23)18-10-9-15(24-18)13-17(21)20-11-5-6-12-20/h3-4,7-10,19H,2,5-6,11-13H2,1H3. The molecule has 5 nitrogen and oxygen atoms in total. The number of rotatable bonds is 6. The van der Waals surface area contributed by atoms with Crippen molar-refractivity contribution in [3.63, 3.8) is 0 Å². The number of thiophene rings is 1. The van der Waals surface area contributed by atoms with Gasteiger partial charge in [0.05, 0.1) is 12.1 Å². The average molecular weight is 379 g/mol. The lowest BCUT2D eigenvalue weighted by atomic mass is 10.1. The molecule has 2 heterocycles. The van der Waals surface area contributed by atoms with Gasteiger partial charge in [-0.25, -0.2) is 8.42 Å². The quantitative estimate of drug-likeness (QED) is 0.839. The molecule has 1 aliphatic rings. The molecule has 0 spiro atoms. The lowest BCUT2D eigenvalue weighted by Crippen LogP contribution is -2.28. The molecule has 7 heteroatoms. The first-order chi connectivity index (χ1) is 12.0. The van der Waals surface area contributed by atoms with Crippen molar-refractivity contribution in [1.82, 2.24) is 4.90 Å².